The Bertz CT molecular complexity index is 576. The molecule has 0 atom stereocenters. The third-order valence-corrected chi connectivity index (χ3v) is 2.77. The minimum Gasteiger partial charge on any atom is -0.497 e. The molecular formula is C14H15N3O3. The third-order valence-electron chi connectivity index (χ3n) is 2.77. The maximum absolute atomic E-state index is 11.9. The van der Waals surface area contributed by atoms with Gasteiger partial charge < -0.3 is 10.1 Å². The number of hydrogen-bond donors (Lipinski definition) is 2. The standard InChI is InChI=1S/C14H15N3O3/c1-20-12-4-2-10(3-5-12)13(18)9-15-14(19)8-11-6-7-16-17-11/h2-7H,8-9H2,1H3,(H,15,19)(H,16,17). The Kier molecular flexibility index (Phi) is 4.49. The van der Waals surface area contributed by atoms with Crippen LogP contribution in [0.5, 0.6) is 5.75 Å². The summed E-state index contributed by atoms with van der Waals surface area (Å²) in [6.07, 6.45) is 1.75. The van der Waals surface area contributed by atoms with Crippen LogP contribution in [-0.4, -0.2) is 35.5 Å². The minimum atomic E-state index is -0.226. The fraction of sp³-hybridized carbons (Fsp3) is 0.214. The van der Waals surface area contributed by atoms with E-state index < -0.39 is 0 Å². The number of Topliss-reactive ketones (excluding diaryl/α,β-unsaturated/α-hetero) is 1. The van der Waals surface area contributed by atoms with Gasteiger partial charge in [0.05, 0.1) is 20.1 Å². The molecule has 2 rings (SSSR count). The maximum Gasteiger partial charge on any atom is 0.226 e. The van der Waals surface area contributed by atoms with Crippen LogP contribution in [-0.2, 0) is 11.2 Å². The lowest BCUT2D eigenvalue weighted by atomic mass is 10.1. The Morgan fingerprint density at radius 1 is 1.25 bits per heavy atom. The van der Waals surface area contributed by atoms with Crippen LogP contribution in [0.4, 0.5) is 0 Å². The molecular weight excluding hydrogens is 258 g/mol. The second-order valence-electron chi connectivity index (χ2n) is 4.19. The zero-order valence-corrected chi connectivity index (χ0v) is 11.1. The molecule has 1 aromatic carbocycles. The lowest BCUT2D eigenvalue weighted by molar-refractivity contribution is -0.120. The number of amides is 1. The first-order chi connectivity index (χ1) is 9.69. The van der Waals surface area contributed by atoms with E-state index >= 15 is 0 Å². The number of ether oxygens (including phenoxy) is 1. The Hall–Kier alpha value is -2.63. The molecule has 1 heterocycles. The zero-order chi connectivity index (χ0) is 14.4. The summed E-state index contributed by atoms with van der Waals surface area (Å²) in [4.78, 5) is 23.5. The van der Waals surface area contributed by atoms with Crippen LogP contribution in [0.3, 0.4) is 0 Å². The Balaban J connectivity index is 1.83. The van der Waals surface area contributed by atoms with E-state index in [1.165, 1.54) is 0 Å². The smallest absolute Gasteiger partial charge is 0.226 e. The average molecular weight is 273 g/mol. The van der Waals surface area contributed by atoms with Crippen molar-refractivity contribution in [1.82, 2.24) is 15.5 Å². The molecule has 0 aliphatic carbocycles. The number of methoxy groups -OCH3 is 1. The van der Waals surface area contributed by atoms with Crippen LogP contribution in [0.25, 0.3) is 0 Å². The van der Waals surface area contributed by atoms with Crippen molar-refractivity contribution < 1.29 is 14.3 Å². The first kappa shape index (κ1) is 13.8. The van der Waals surface area contributed by atoms with Crippen molar-refractivity contribution in [2.45, 2.75) is 6.42 Å². The molecule has 6 nitrogen and oxygen atoms in total. The van der Waals surface area contributed by atoms with Crippen molar-refractivity contribution in [3.8, 4) is 5.75 Å². The van der Waals surface area contributed by atoms with Gasteiger partial charge in [0, 0.05) is 17.5 Å². The highest BCUT2D eigenvalue weighted by atomic mass is 16.5. The summed E-state index contributed by atoms with van der Waals surface area (Å²) in [5.41, 5.74) is 1.24. The number of carbonyl (C=O) groups excluding carboxylic acids is 2. The van der Waals surface area contributed by atoms with Crippen molar-refractivity contribution in [1.29, 1.82) is 0 Å². The van der Waals surface area contributed by atoms with E-state index in [0.29, 0.717) is 17.0 Å². The fourth-order valence-electron chi connectivity index (χ4n) is 1.68. The van der Waals surface area contributed by atoms with Crippen LogP contribution in [0.2, 0.25) is 0 Å². The minimum absolute atomic E-state index is 0.0285. The molecule has 0 aliphatic rings. The van der Waals surface area contributed by atoms with Crippen molar-refractivity contribution >= 4 is 11.7 Å². The number of hydrogen-bond acceptors (Lipinski definition) is 4. The van der Waals surface area contributed by atoms with Gasteiger partial charge in [-0.1, -0.05) is 0 Å². The zero-order valence-electron chi connectivity index (χ0n) is 11.1. The topological polar surface area (TPSA) is 84.1 Å². The molecule has 0 fully saturated rings. The number of ketones is 1. The molecule has 1 aromatic heterocycles. The first-order valence-corrected chi connectivity index (χ1v) is 6.11. The SMILES string of the molecule is COc1ccc(C(=O)CNC(=O)Cc2ccn[nH]2)cc1. The van der Waals surface area contributed by atoms with Crippen molar-refractivity contribution in [2.24, 2.45) is 0 Å². The van der Waals surface area contributed by atoms with E-state index in [2.05, 4.69) is 15.5 Å². The summed E-state index contributed by atoms with van der Waals surface area (Å²) in [5.74, 6) is 0.312. The average Bonchev–Trinajstić information content (AvgIpc) is 2.97. The Morgan fingerprint density at radius 3 is 2.60 bits per heavy atom. The molecule has 2 aromatic rings. The molecule has 20 heavy (non-hydrogen) atoms. The van der Waals surface area contributed by atoms with E-state index in [-0.39, 0.29) is 24.7 Å². The largest absolute Gasteiger partial charge is 0.497 e. The van der Waals surface area contributed by atoms with Crippen LogP contribution >= 0.6 is 0 Å². The highest BCUT2D eigenvalue weighted by molar-refractivity contribution is 5.99. The molecule has 1 amide bonds. The Labute approximate surface area is 116 Å². The molecule has 0 saturated heterocycles. The van der Waals surface area contributed by atoms with Crippen molar-refractivity contribution in [3.05, 3.63) is 47.8 Å². The second-order valence-corrected chi connectivity index (χ2v) is 4.19. The molecule has 0 radical (unpaired) electrons. The lowest BCUT2D eigenvalue weighted by Crippen LogP contribution is -2.30. The van der Waals surface area contributed by atoms with Gasteiger partial charge in [-0.2, -0.15) is 5.10 Å². The van der Waals surface area contributed by atoms with Gasteiger partial charge >= 0.3 is 0 Å². The molecule has 0 saturated carbocycles. The van der Waals surface area contributed by atoms with Crippen molar-refractivity contribution in [2.75, 3.05) is 13.7 Å². The van der Waals surface area contributed by atoms with Gasteiger partial charge in [0.25, 0.3) is 0 Å². The maximum atomic E-state index is 11.9. The number of rotatable bonds is 6. The number of carbonyl (C=O) groups is 2. The van der Waals surface area contributed by atoms with E-state index in [4.69, 9.17) is 4.74 Å². The highest BCUT2D eigenvalue weighted by Gasteiger charge is 2.09. The molecule has 2 N–H and O–H groups in total. The Morgan fingerprint density at radius 2 is 2.00 bits per heavy atom. The van der Waals surface area contributed by atoms with E-state index in [0.717, 1.165) is 0 Å². The van der Waals surface area contributed by atoms with E-state index in [1.54, 1.807) is 43.6 Å². The quantitative estimate of drug-likeness (QED) is 0.768. The summed E-state index contributed by atoms with van der Waals surface area (Å²) < 4.78 is 5.02. The molecule has 104 valence electrons. The monoisotopic (exact) mass is 273 g/mol. The molecule has 6 heteroatoms. The van der Waals surface area contributed by atoms with Gasteiger partial charge in [-0.25, -0.2) is 0 Å². The summed E-state index contributed by atoms with van der Waals surface area (Å²) in [7, 11) is 1.56. The van der Waals surface area contributed by atoms with Gasteiger partial charge in [0.2, 0.25) is 5.91 Å². The molecule has 0 aliphatic heterocycles. The van der Waals surface area contributed by atoms with Gasteiger partial charge in [-0.15, -0.1) is 0 Å². The van der Waals surface area contributed by atoms with Crippen LogP contribution in [0.1, 0.15) is 16.1 Å². The normalized spacial score (nSPS) is 10.1. The fourth-order valence-corrected chi connectivity index (χ4v) is 1.68. The number of H-pyrrole nitrogens is 1. The van der Waals surface area contributed by atoms with Crippen LogP contribution in [0.15, 0.2) is 36.5 Å². The first-order valence-electron chi connectivity index (χ1n) is 6.11. The van der Waals surface area contributed by atoms with E-state index in [1.807, 2.05) is 0 Å². The summed E-state index contributed by atoms with van der Waals surface area (Å²) in [6.45, 7) is -0.0285. The number of benzene rings is 1. The van der Waals surface area contributed by atoms with Gasteiger partial charge in [0.15, 0.2) is 5.78 Å². The lowest BCUT2D eigenvalue weighted by Gasteiger charge is -2.05. The number of nitrogens with one attached hydrogen (secondary N) is 2. The number of nitrogens with zero attached hydrogens (tertiary/aromatic N) is 1. The van der Waals surface area contributed by atoms with Crippen LogP contribution < -0.4 is 10.1 Å². The summed E-state index contributed by atoms with van der Waals surface area (Å²) in [6, 6.07) is 8.47. The molecule has 0 bridgehead atoms. The predicted molar refractivity (Wildman–Crippen MR) is 72.6 cm³/mol. The van der Waals surface area contributed by atoms with Gasteiger partial charge in [0.1, 0.15) is 5.75 Å². The summed E-state index contributed by atoms with van der Waals surface area (Å²) in [5, 5.41) is 9.02. The van der Waals surface area contributed by atoms with E-state index in [9.17, 15) is 9.59 Å². The van der Waals surface area contributed by atoms with Crippen molar-refractivity contribution in [3.63, 3.8) is 0 Å². The third kappa shape index (κ3) is 3.68. The summed E-state index contributed by atoms with van der Waals surface area (Å²) >= 11 is 0. The van der Waals surface area contributed by atoms with Crippen LogP contribution in [0, 0.1) is 0 Å². The second kappa shape index (κ2) is 6.51. The number of aromatic nitrogens is 2. The highest BCUT2D eigenvalue weighted by Crippen LogP contribution is 2.11. The molecule has 0 spiro atoms. The van der Waals surface area contributed by atoms with Gasteiger partial charge in [-0.05, 0) is 30.3 Å². The van der Waals surface area contributed by atoms with Gasteiger partial charge in [-0.3, -0.25) is 14.7 Å². The number of aromatic amines is 1. The predicted octanol–water partition coefficient (Wildman–Crippen LogP) is 0.960. The molecule has 0 unspecified atom stereocenters.